The Kier molecular flexibility index (Phi) is 6.34. The van der Waals surface area contributed by atoms with Gasteiger partial charge in [-0.15, -0.1) is 0 Å². The number of carbonyl (C=O) groups is 2. The zero-order valence-corrected chi connectivity index (χ0v) is 17.1. The highest BCUT2D eigenvalue weighted by molar-refractivity contribution is 7.89. The van der Waals surface area contributed by atoms with E-state index in [0.29, 0.717) is 13.1 Å². The van der Waals surface area contributed by atoms with Gasteiger partial charge in [0.15, 0.2) is 0 Å². The third kappa shape index (κ3) is 4.58. The van der Waals surface area contributed by atoms with Crippen molar-refractivity contribution in [2.75, 3.05) is 13.1 Å². The van der Waals surface area contributed by atoms with Gasteiger partial charge in [-0.1, -0.05) is 17.7 Å². The monoisotopic (exact) mass is 452 g/mol. The van der Waals surface area contributed by atoms with Crippen molar-refractivity contribution < 1.29 is 22.9 Å². The van der Waals surface area contributed by atoms with Gasteiger partial charge in [0.1, 0.15) is 4.90 Å². The van der Waals surface area contributed by atoms with E-state index in [9.17, 15) is 28.1 Å². The number of sulfonamides is 1. The molecule has 2 N–H and O–H groups in total. The Morgan fingerprint density at radius 1 is 1.00 bits per heavy atom. The fourth-order valence-corrected chi connectivity index (χ4v) is 4.95. The van der Waals surface area contributed by atoms with Gasteiger partial charge in [0, 0.05) is 36.3 Å². The molecule has 0 spiro atoms. The average Bonchev–Trinajstić information content (AvgIpc) is 3.28. The van der Waals surface area contributed by atoms with Crippen LogP contribution in [0.25, 0.3) is 0 Å². The Bertz CT molecular complexity index is 1120. The van der Waals surface area contributed by atoms with E-state index in [4.69, 9.17) is 11.6 Å². The molecule has 0 radical (unpaired) electrons. The standard InChI is InChI=1S/C18H17ClN4O6S/c19-15-7-6-13(11-16(15)30(28,29)22-8-1-2-9-22)18(25)21-20-17(24)12-4-3-5-14(10-12)23(26)27/h3-7,10-11H,1-2,8-9H2,(H,20,24)(H,21,25). The van der Waals surface area contributed by atoms with Crippen LogP contribution in [0.15, 0.2) is 47.4 Å². The molecule has 0 atom stereocenters. The van der Waals surface area contributed by atoms with Gasteiger partial charge in [-0.2, -0.15) is 4.31 Å². The molecule has 1 aliphatic heterocycles. The maximum atomic E-state index is 12.8. The van der Waals surface area contributed by atoms with Gasteiger partial charge in [-0.05, 0) is 37.1 Å². The number of non-ortho nitro benzene ring substituents is 1. The van der Waals surface area contributed by atoms with Gasteiger partial charge in [0.2, 0.25) is 10.0 Å². The zero-order chi connectivity index (χ0) is 21.9. The van der Waals surface area contributed by atoms with Crippen molar-refractivity contribution >= 4 is 39.1 Å². The molecular formula is C18H17ClN4O6S. The maximum absolute atomic E-state index is 12.8. The smallest absolute Gasteiger partial charge is 0.267 e. The van der Waals surface area contributed by atoms with Crippen LogP contribution in [0.4, 0.5) is 5.69 Å². The lowest BCUT2D eigenvalue weighted by Gasteiger charge is -2.17. The van der Waals surface area contributed by atoms with Gasteiger partial charge >= 0.3 is 0 Å². The lowest BCUT2D eigenvalue weighted by molar-refractivity contribution is -0.384. The van der Waals surface area contributed by atoms with E-state index in [1.54, 1.807) is 0 Å². The van der Waals surface area contributed by atoms with Crippen molar-refractivity contribution in [1.82, 2.24) is 15.2 Å². The quantitative estimate of drug-likeness (QED) is 0.526. The third-order valence-corrected chi connectivity index (χ3v) is 6.87. The first-order chi connectivity index (χ1) is 14.2. The second kappa shape index (κ2) is 8.78. The molecule has 0 aliphatic carbocycles. The molecule has 12 heteroatoms. The molecule has 0 aromatic heterocycles. The number of nitro benzene ring substituents is 1. The number of benzene rings is 2. The summed E-state index contributed by atoms with van der Waals surface area (Å²) in [5.74, 6) is -1.55. The van der Waals surface area contributed by atoms with Crippen LogP contribution in [0.1, 0.15) is 33.6 Å². The van der Waals surface area contributed by atoms with Crippen LogP contribution >= 0.6 is 11.6 Å². The van der Waals surface area contributed by atoms with Gasteiger partial charge in [-0.3, -0.25) is 30.6 Å². The summed E-state index contributed by atoms with van der Waals surface area (Å²) in [5.41, 5.74) is 3.96. The summed E-state index contributed by atoms with van der Waals surface area (Å²) in [6.07, 6.45) is 1.50. The molecular weight excluding hydrogens is 436 g/mol. The minimum atomic E-state index is -3.84. The fourth-order valence-electron chi connectivity index (χ4n) is 2.93. The van der Waals surface area contributed by atoms with E-state index >= 15 is 0 Å². The maximum Gasteiger partial charge on any atom is 0.270 e. The summed E-state index contributed by atoms with van der Waals surface area (Å²) >= 11 is 6.05. The van der Waals surface area contributed by atoms with E-state index in [-0.39, 0.29) is 26.7 Å². The highest BCUT2D eigenvalue weighted by Crippen LogP contribution is 2.28. The molecule has 10 nitrogen and oxygen atoms in total. The Morgan fingerprint density at radius 2 is 1.60 bits per heavy atom. The fraction of sp³-hybridized carbons (Fsp3) is 0.222. The molecule has 158 valence electrons. The minimum Gasteiger partial charge on any atom is -0.267 e. The van der Waals surface area contributed by atoms with Crippen molar-refractivity contribution in [3.05, 3.63) is 68.7 Å². The van der Waals surface area contributed by atoms with Gasteiger partial charge in [0.25, 0.3) is 17.5 Å². The lowest BCUT2D eigenvalue weighted by atomic mass is 10.2. The molecule has 2 aromatic rings. The number of hydrogen-bond donors (Lipinski definition) is 2. The summed E-state index contributed by atoms with van der Waals surface area (Å²) in [6.45, 7) is 0.767. The Labute approximate surface area is 177 Å². The number of hydrazine groups is 1. The average molecular weight is 453 g/mol. The predicted octanol–water partition coefficient (Wildman–Crippen LogP) is 2.11. The van der Waals surface area contributed by atoms with Crippen molar-refractivity contribution in [1.29, 1.82) is 0 Å². The first kappa shape index (κ1) is 21.7. The molecule has 1 fully saturated rings. The van der Waals surface area contributed by atoms with Crippen LogP contribution in [0.2, 0.25) is 5.02 Å². The molecule has 3 rings (SSSR count). The predicted molar refractivity (Wildman–Crippen MR) is 107 cm³/mol. The van der Waals surface area contributed by atoms with Crippen molar-refractivity contribution in [2.45, 2.75) is 17.7 Å². The highest BCUT2D eigenvalue weighted by Gasteiger charge is 2.29. The molecule has 1 aliphatic rings. The van der Waals surface area contributed by atoms with Gasteiger partial charge in [0.05, 0.1) is 9.95 Å². The number of nitro groups is 1. The zero-order valence-electron chi connectivity index (χ0n) is 15.5. The van der Waals surface area contributed by atoms with Crippen molar-refractivity contribution in [3.63, 3.8) is 0 Å². The molecule has 30 heavy (non-hydrogen) atoms. The molecule has 1 saturated heterocycles. The Morgan fingerprint density at radius 3 is 2.20 bits per heavy atom. The highest BCUT2D eigenvalue weighted by atomic mass is 35.5. The van der Waals surface area contributed by atoms with Crippen LogP contribution < -0.4 is 10.9 Å². The number of rotatable bonds is 5. The molecule has 0 saturated carbocycles. The van der Waals surface area contributed by atoms with E-state index in [1.807, 2.05) is 0 Å². The van der Waals surface area contributed by atoms with E-state index in [2.05, 4.69) is 10.9 Å². The normalized spacial score (nSPS) is 14.3. The summed E-state index contributed by atoms with van der Waals surface area (Å²) in [7, 11) is -3.84. The number of amides is 2. The van der Waals surface area contributed by atoms with Gasteiger partial charge < -0.3 is 0 Å². The molecule has 0 bridgehead atoms. The van der Waals surface area contributed by atoms with E-state index in [0.717, 1.165) is 25.0 Å². The third-order valence-electron chi connectivity index (χ3n) is 4.48. The second-order valence-corrected chi connectivity index (χ2v) is 8.79. The van der Waals surface area contributed by atoms with Crippen LogP contribution in [0.5, 0.6) is 0 Å². The Balaban J connectivity index is 1.74. The largest absolute Gasteiger partial charge is 0.270 e. The van der Waals surface area contributed by atoms with Crippen molar-refractivity contribution in [2.24, 2.45) is 0 Å². The van der Waals surface area contributed by atoms with Crippen molar-refractivity contribution in [3.8, 4) is 0 Å². The van der Waals surface area contributed by atoms with Crippen LogP contribution in [-0.4, -0.2) is 42.6 Å². The number of hydrogen-bond acceptors (Lipinski definition) is 6. The SMILES string of the molecule is O=C(NNC(=O)c1ccc(Cl)c(S(=O)(=O)N2CCCC2)c1)c1cccc([N+](=O)[O-])c1. The summed E-state index contributed by atoms with van der Waals surface area (Å²) < 4.78 is 26.8. The number of nitrogens with one attached hydrogen (secondary N) is 2. The number of carbonyl (C=O) groups excluding carboxylic acids is 2. The molecule has 1 heterocycles. The second-order valence-electron chi connectivity index (χ2n) is 6.47. The molecule has 0 unspecified atom stereocenters. The van der Waals surface area contributed by atoms with E-state index < -0.39 is 26.8 Å². The molecule has 2 aromatic carbocycles. The van der Waals surface area contributed by atoms with E-state index in [1.165, 1.54) is 34.6 Å². The number of halogens is 1. The minimum absolute atomic E-state index is 0.0147. The Hall–Kier alpha value is -3.02. The summed E-state index contributed by atoms with van der Waals surface area (Å²) in [5, 5.41) is 10.8. The first-order valence-corrected chi connectivity index (χ1v) is 10.7. The summed E-state index contributed by atoms with van der Waals surface area (Å²) in [4.78, 5) is 34.5. The topological polar surface area (TPSA) is 139 Å². The van der Waals surface area contributed by atoms with Crippen LogP contribution in [0.3, 0.4) is 0 Å². The van der Waals surface area contributed by atoms with Gasteiger partial charge in [-0.25, -0.2) is 8.42 Å². The van der Waals surface area contributed by atoms with Crippen LogP contribution in [0, 0.1) is 10.1 Å². The number of nitrogens with zero attached hydrogens (tertiary/aromatic N) is 2. The van der Waals surface area contributed by atoms with Crippen LogP contribution in [-0.2, 0) is 10.0 Å². The molecule has 2 amide bonds. The lowest BCUT2D eigenvalue weighted by Crippen LogP contribution is -2.41. The summed E-state index contributed by atoms with van der Waals surface area (Å²) in [6, 6.07) is 8.73. The first-order valence-electron chi connectivity index (χ1n) is 8.85.